The summed E-state index contributed by atoms with van der Waals surface area (Å²) >= 11 is 0. The van der Waals surface area contributed by atoms with E-state index in [9.17, 15) is 4.79 Å². The van der Waals surface area contributed by atoms with Crippen molar-refractivity contribution in [1.82, 2.24) is 5.32 Å². The molecule has 0 rings (SSSR count). The fraction of sp³-hybridized carbons (Fsp3) is 0.923. The number of rotatable bonds is 9. The summed E-state index contributed by atoms with van der Waals surface area (Å²) in [5.41, 5.74) is 0. The van der Waals surface area contributed by atoms with Gasteiger partial charge in [-0.15, -0.1) is 0 Å². The molecular formula is C13H27NO. The lowest BCUT2D eigenvalue weighted by Gasteiger charge is -2.15. The Balaban J connectivity index is 3.83. The number of unbranched alkanes of at least 4 members (excludes halogenated alkanes) is 2. The van der Waals surface area contributed by atoms with E-state index >= 15 is 0 Å². The molecule has 0 fully saturated rings. The van der Waals surface area contributed by atoms with Gasteiger partial charge in [-0.3, -0.25) is 4.79 Å². The van der Waals surface area contributed by atoms with Crippen molar-refractivity contribution in [2.45, 2.75) is 65.7 Å². The van der Waals surface area contributed by atoms with E-state index in [1.165, 1.54) is 19.3 Å². The van der Waals surface area contributed by atoms with Crippen molar-refractivity contribution >= 4 is 5.91 Å². The molecule has 0 radical (unpaired) electrons. The first-order chi connectivity index (χ1) is 7.26. The van der Waals surface area contributed by atoms with Gasteiger partial charge >= 0.3 is 0 Å². The summed E-state index contributed by atoms with van der Waals surface area (Å²) in [6.45, 7) is 7.27. The summed E-state index contributed by atoms with van der Waals surface area (Å²) in [4.78, 5) is 11.8. The van der Waals surface area contributed by atoms with Crippen LogP contribution in [0.1, 0.15) is 65.7 Å². The van der Waals surface area contributed by atoms with Crippen molar-refractivity contribution in [3.63, 3.8) is 0 Å². The number of carbonyl (C=O) groups excluding carboxylic acids is 1. The second-order valence-electron chi connectivity index (χ2n) is 4.27. The molecule has 0 spiro atoms. The second kappa shape index (κ2) is 10.0. The molecule has 0 saturated carbocycles. The highest BCUT2D eigenvalue weighted by Gasteiger charge is 2.15. The van der Waals surface area contributed by atoms with Gasteiger partial charge in [-0.2, -0.15) is 0 Å². The van der Waals surface area contributed by atoms with E-state index in [2.05, 4.69) is 26.1 Å². The van der Waals surface area contributed by atoms with Crippen molar-refractivity contribution in [3.8, 4) is 0 Å². The van der Waals surface area contributed by atoms with Gasteiger partial charge in [-0.25, -0.2) is 0 Å². The Labute approximate surface area is 94.8 Å². The van der Waals surface area contributed by atoms with Crippen LogP contribution in [0, 0.1) is 5.92 Å². The molecule has 0 aromatic heterocycles. The molecule has 1 N–H and O–H groups in total. The summed E-state index contributed by atoms with van der Waals surface area (Å²) in [7, 11) is 0. The standard InChI is InChI=1S/C13H27NO/c1-4-7-8-10-12(9-5-2)13(15)14-11-6-3/h12H,4-11H2,1-3H3,(H,14,15). The first-order valence-electron chi connectivity index (χ1n) is 6.53. The van der Waals surface area contributed by atoms with Crippen molar-refractivity contribution < 1.29 is 4.79 Å². The highest BCUT2D eigenvalue weighted by atomic mass is 16.1. The maximum absolute atomic E-state index is 11.8. The Morgan fingerprint density at radius 3 is 2.27 bits per heavy atom. The zero-order chi connectivity index (χ0) is 11.5. The lowest BCUT2D eigenvalue weighted by molar-refractivity contribution is -0.125. The van der Waals surface area contributed by atoms with E-state index in [4.69, 9.17) is 0 Å². The molecule has 2 nitrogen and oxygen atoms in total. The molecule has 1 atom stereocenters. The van der Waals surface area contributed by atoms with E-state index in [1.807, 2.05) is 0 Å². The number of hydrogen-bond acceptors (Lipinski definition) is 1. The lowest BCUT2D eigenvalue weighted by atomic mass is 9.95. The molecule has 15 heavy (non-hydrogen) atoms. The van der Waals surface area contributed by atoms with Gasteiger partial charge in [0, 0.05) is 12.5 Å². The molecule has 1 amide bonds. The Bertz CT molecular complexity index is 157. The molecular weight excluding hydrogens is 186 g/mol. The molecule has 1 unspecified atom stereocenters. The molecule has 0 aliphatic carbocycles. The van der Waals surface area contributed by atoms with E-state index in [0.29, 0.717) is 0 Å². The van der Waals surface area contributed by atoms with Crippen LogP contribution in [0.2, 0.25) is 0 Å². The van der Waals surface area contributed by atoms with E-state index < -0.39 is 0 Å². The number of carbonyl (C=O) groups is 1. The largest absolute Gasteiger partial charge is 0.356 e. The van der Waals surface area contributed by atoms with Crippen molar-refractivity contribution in [2.24, 2.45) is 5.92 Å². The summed E-state index contributed by atoms with van der Waals surface area (Å²) in [5.74, 6) is 0.530. The minimum Gasteiger partial charge on any atom is -0.356 e. The van der Waals surface area contributed by atoms with Gasteiger partial charge in [-0.1, -0.05) is 46.5 Å². The van der Waals surface area contributed by atoms with Gasteiger partial charge in [0.05, 0.1) is 0 Å². The smallest absolute Gasteiger partial charge is 0.223 e. The Kier molecular flexibility index (Phi) is 9.65. The van der Waals surface area contributed by atoms with Gasteiger partial charge in [0.2, 0.25) is 5.91 Å². The second-order valence-corrected chi connectivity index (χ2v) is 4.27. The Hall–Kier alpha value is -0.530. The lowest BCUT2D eigenvalue weighted by Crippen LogP contribution is -2.31. The van der Waals surface area contributed by atoms with Crippen LogP contribution >= 0.6 is 0 Å². The van der Waals surface area contributed by atoms with Crippen LogP contribution in [0.3, 0.4) is 0 Å². The summed E-state index contributed by atoms with van der Waals surface area (Å²) in [6, 6.07) is 0. The molecule has 0 bridgehead atoms. The molecule has 0 heterocycles. The normalized spacial score (nSPS) is 12.5. The summed E-state index contributed by atoms with van der Waals surface area (Å²) < 4.78 is 0. The van der Waals surface area contributed by atoms with Crippen LogP contribution in [0.5, 0.6) is 0 Å². The summed E-state index contributed by atoms with van der Waals surface area (Å²) in [6.07, 6.45) is 7.92. The van der Waals surface area contributed by atoms with Crippen LogP contribution in [0.25, 0.3) is 0 Å². The molecule has 2 heteroatoms. The molecule has 0 saturated heterocycles. The first kappa shape index (κ1) is 14.5. The number of nitrogens with one attached hydrogen (secondary N) is 1. The van der Waals surface area contributed by atoms with Gasteiger partial charge in [0.15, 0.2) is 0 Å². The topological polar surface area (TPSA) is 29.1 Å². The van der Waals surface area contributed by atoms with Crippen molar-refractivity contribution in [2.75, 3.05) is 6.54 Å². The predicted molar refractivity (Wildman–Crippen MR) is 65.8 cm³/mol. The zero-order valence-electron chi connectivity index (χ0n) is 10.6. The van der Waals surface area contributed by atoms with Gasteiger partial charge in [0.1, 0.15) is 0 Å². The third-order valence-electron chi connectivity index (χ3n) is 2.71. The average molecular weight is 213 g/mol. The Morgan fingerprint density at radius 1 is 1.00 bits per heavy atom. The molecule has 0 aromatic carbocycles. The fourth-order valence-corrected chi connectivity index (χ4v) is 1.79. The van der Waals surface area contributed by atoms with E-state index in [1.54, 1.807) is 0 Å². The minimum absolute atomic E-state index is 0.257. The minimum atomic E-state index is 0.257. The molecule has 0 aliphatic heterocycles. The fourth-order valence-electron chi connectivity index (χ4n) is 1.79. The summed E-state index contributed by atoms with van der Waals surface area (Å²) in [5, 5.41) is 3.01. The third kappa shape index (κ3) is 7.40. The maximum Gasteiger partial charge on any atom is 0.223 e. The third-order valence-corrected chi connectivity index (χ3v) is 2.71. The van der Waals surface area contributed by atoms with Crippen LogP contribution in [0.15, 0.2) is 0 Å². The van der Waals surface area contributed by atoms with Gasteiger partial charge in [0.25, 0.3) is 0 Å². The van der Waals surface area contributed by atoms with E-state index in [-0.39, 0.29) is 11.8 Å². The van der Waals surface area contributed by atoms with Crippen LogP contribution in [0.4, 0.5) is 0 Å². The highest BCUT2D eigenvalue weighted by molar-refractivity contribution is 5.78. The maximum atomic E-state index is 11.8. The quantitative estimate of drug-likeness (QED) is 0.583. The first-order valence-corrected chi connectivity index (χ1v) is 6.53. The molecule has 90 valence electrons. The predicted octanol–water partition coefficient (Wildman–Crippen LogP) is 3.51. The number of amides is 1. The van der Waals surface area contributed by atoms with Crippen LogP contribution in [-0.2, 0) is 4.79 Å². The van der Waals surface area contributed by atoms with Gasteiger partial charge < -0.3 is 5.32 Å². The highest BCUT2D eigenvalue weighted by Crippen LogP contribution is 2.15. The number of hydrogen-bond donors (Lipinski definition) is 1. The monoisotopic (exact) mass is 213 g/mol. The Morgan fingerprint density at radius 2 is 1.73 bits per heavy atom. The SMILES string of the molecule is CCCCCC(CCC)C(=O)NCCC. The molecule has 0 aliphatic rings. The molecule has 0 aromatic rings. The van der Waals surface area contributed by atoms with E-state index in [0.717, 1.165) is 32.2 Å². The zero-order valence-corrected chi connectivity index (χ0v) is 10.6. The van der Waals surface area contributed by atoms with Crippen molar-refractivity contribution in [3.05, 3.63) is 0 Å². The van der Waals surface area contributed by atoms with Crippen LogP contribution < -0.4 is 5.32 Å². The average Bonchev–Trinajstić information content (AvgIpc) is 2.25. The van der Waals surface area contributed by atoms with Crippen LogP contribution in [-0.4, -0.2) is 12.5 Å². The van der Waals surface area contributed by atoms with Crippen molar-refractivity contribution in [1.29, 1.82) is 0 Å². The van der Waals surface area contributed by atoms with Gasteiger partial charge in [-0.05, 0) is 19.3 Å².